The fourth-order valence-corrected chi connectivity index (χ4v) is 2.26. The van der Waals surface area contributed by atoms with E-state index in [1.54, 1.807) is 0 Å². The number of anilines is 1. The number of hydrogen-bond donors (Lipinski definition) is 2. The number of pyridine rings is 1. The maximum atomic E-state index is 11.9. The van der Waals surface area contributed by atoms with E-state index in [0.717, 1.165) is 12.3 Å². The van der Waals surface area contributed by atoms with Crippen molar-refractivity contribution in [2.45, 2.75) is 11.8 Å². The third kappa shape index (κ3) is 2.51. The summed E-state index contributed by atoms with van der Waals surface area (Å²) in [6.45, 7) is 1.52. The second-order valence-corrected chi connectivity index (χ2v) is 5.33. The van der Waals surface area contributed by atoms with Crippen LogP contribution in [0.1, 0.15) is 5.89 Å². The van der Waals surface area contributed by atoms with Gasteiger partial charge in [-0.3, -0.25) is 4.79 Å². The van der Waals surface area contributed by atoms with E-state index in [1.807, 2.05) is 0 Å². The highest BCUT2D eigenvalue weighted by Gasteiger charge is 2.18. The van der Waals surface area contributed by atoms with Gasteiger partial charge in [-0.1, -0.05) is 16.7 Å². The highest BCUT2D eigenvalue weighted by molar-refractivity contribution is 7.92. The molecule has 0 aliphatic rings. The lowest BCUT2D eigenvalue weighted by Gasteiger charge is -2.03. The monoisotopic (exact) mass is 290 g/mol. The molecule has 0 bridgehead atoms. The van der Waals surface area contributed by atoms with E-state index in [0.29, 0.717) is 0 Å². The minimum absolute atomic E-state index is 0.215. The molecule has 96 valence electrons. The van der Waals surface area contributed by atoms with E-state index in [9.17, 15) is 13.2 Å². The number of rotatable bonds is 3. The number of sulfonamides is 1. The van der Waals surface area contributed by atoms with Gasteiger partial charge in [0.1, 0.15) is 9.92 Å². The van der Waals surface area contributed by atoms with Crippen LogP contribution in [0.3, 0.4) is 0 Å². The summed E-state index contributed by atoms with van der Waals surface area (Å²) in [5, 5.41) is 6.72. The fraction of sp³-hybridized carbons (Fsp3) is 0.125. The van der Waals surface area contributed by atoms with Gasteiger partial charge in [-0.05, 0) is 6.07 Å². The van der Waals surface area contributed by atoms with E-state index in [4.69, 9.17) is 16.0 Å². The van der Waals surface area contributed by atoms with Gasteiger partial charge in [0, 0.05) is 13.1 Å². The van der Waals surface area contributed by atoms with Gasteiger partial charge >= 0.3 is 6.01 Å². The Morgan fingerprint density at radius 2 is 2.17 bits per heavy atom. The normalized spacial score (nSPS) is 11.4. The Balaban J connectivity index is 2.36. The topological polar surface area (TPSA) is 118 Å². The molecule has 0 unspecified atom stereocenters. The van der Waals surface area contributed by atoms with Gasteiger partial charge in [0.05, 0.1) is 0 Å². The number of H-pyrrole nitrogens is 1. The van der Waals surface area contributed by atoms with Gasteiger partial charge in [-0.25, -0.2) is 13.1 Å². The van der Waals surface area contributed by atoms with Gasteiger partial charge in [-0.15, -0.1) is 5.10 Å². The molecule has 2 heterocycles. The highest BCUT2D eigenvalue weighted by atomic mass is 35.5. The van der Waals surface area contributed by atoms with Crippen LogP contribution < -0.4 is 10.3 Å². The van der Waals surface area contributed by atoms with Gasteiger partial charge in [0.15, 0.2) is 0 Å². The average Bonchev–Trinajstić information content (AvgIpc) is 2.67. The maximum absolute atomic E-state index is 11.9. The van der Waals surface area contributed by atoms with Crippen molar-refractivity contribution in [1.82, 2.24) is 15.2 Å². The lowest BCUT2D eigenvalue weighted by molar-refractivity contribution is 0.534. The van der Waals surface area contributed by atoms with E-state index in [-0.39, 0.29) is 21.8 Å². The molecule has 2 N–H and O–H groups in total. The molecule has 2 aromatic heterocycles. The van der Waals surface area contributed by atoms with Crippen LogP contribution in [-0.2, 0) is 10.0 Å². The first-order valence-corrected chi connectivity index (χ1v) is 6.46. The minimum Gasteiger partial charge on any atom is -0.408 e. The molecule has 10 heteroatoms. The first-order valence-electron chi connectivity index (χ1n) is 4.59. The molecule has 0 amide bonds. The van der Waals surface area contributed by atoms with Crippen molar-refractivity contribution in [2.75, 3.05) is 4.72 Å². The van der Waals surface area contributed by atoms with Crippen molar-refractivity contribution in [2.24, 2.45) is 0 Å². The summed E-state index contributed by atoms with van der Waals surface area (Å²) in [4.78, 5) is 13.0. The Morgan fingerprint density at radius 1 is 1.44 bits per heavy atom. The number of aryl methyl sites for hydroxylation is 1. The molecule has 0 aromatic carbocycles. The van der Waals surface area contributed by atoms with Crippen molar-refractivity contribution in [3.8, 4) is 0 Å². The standard InChI is InChI=1S/C8H7ClN4O4S/c1-4-11-12-8(17-4)13-18(15,16)5-2-6(9)7(14)10-3-5/h2-3H,1H3,(H,10,14)(H,12,13). The second kappa shape index (κ2) is 4.42. The zero-order chi connectivity index (χ0) is 13.3. The molecule has 2 aromatic rings. The summed E-state index contributed by atoms with van der Waals surface area (Å²) in [6.07, 6.45) is 1.01. The van der Waals surface area contributed by atoms with Crippen LogP contribution in [0, 0.1) is 6.92 Å². The van der Waals surface area contributed by atoms with E-state index < -0.39 is 15.6 Å². The summed E-state index contributed by atoms with van der Waals surface area (Å²) >= 11 is 5.54. The Morgan fingerprint density at radius 3 is 2.72 bits per heavy atom. The molecule has 0 spiro atoms. The van der Waals surface area contributed by atoms with Crippen LogP contribution in [0.25, 0.3) is 0 Å². The Hall–Kier alpha value is -1.87. The summed E-state index contributed by atoms with van der Waals surface area (Å²) in [5.74, 6) is 0.215. The molecule has 0 radical (unpaired) electrons. The predicted octanol–water partition coefficient (Wildman–Crippen LogP) is 0.521. The quantitative estimate of drug-likeness (QED) is 0.851. The maximum Gasteiger partial charge on any atom is 0.329 e. The lowest BCUT2D eigenvalue weighted by atomic mass is 10.5. The Kier molecular flexibility index (Phi) is 3.09. The van der Waals surface area contributed by atoms with Gasteiger partial charge in [-0.2, -0.15) is 0 Å². The van der Waals surface area contributed by atoms with Crippen molar-refractivity contribution in [3.05, 3.63) is 33.5 Å². The minimum atomic E-state index is -3.94. The van der Waals surface area contributed by atoms with Crippen molar-refractivity contribution in [1.29, 1.82) is 0 Å². The smallest absolute Gasteiger partial charge is 0.329 e. The van der Waals surface area contributed by atoms with E-state index in [1.165, 1.54) is 6.92 Å². The second-order valence-electron chi connectivity index (χ2n) is 3.24. The lowest BCUT2D eigenvalue weighted by Crippen LogP contribution is -2.16. The molecule has 0 saturated heterocycles. The van der Waals surface area contributed by atoms with Gasteiger partial charge < -0.3 is 9.40 Å². The van der Waals surface area contributed by atoms with Crippen LogP contribution in [0.15, 0.2) is 26.4 Å². The molecule has 18 heavy (non-hydrogen) atoms. The molecular formula is C8H7ClN4O4S. The first-order chi connectivity index (χ1) is 8.38. The number of halogens is 1. The zero-order valence-electron chi connectivity index (χ0n) is 8.97. The van der Waals surface area contributed by atoms with Crippen molar-refractivity contribution >= 4 is 27.6 Å². The summed E-state index contributed by atoms with van der Waals surface area (Å²) in [5.41, 5.74) is -0.579. The fourth-order valence-electron chi connectivity index (χ4n) is 1.10. The third-order valence-corrected chi connectivity index (χ3v) is 3.47. The predicted molar refractivity (Wildman–Crippen MR) is 61.9 cm³/mol. The zero-order valence-corrected chi connectivity index (χ0v) is 10.5. The molecule has 0 saturated carbocycles. The first kappa shape index (κ1) is 12.6. The van der Waals surface area contributed by atoms with Crippen molar-refractivity contribution < 1.29 is 12.8 Å². The van der Waals surface area contributed by atoms with E-state index >= 15 is 0 Å². The molecule has 0 aliphatic heterocycles. The van der Waals surface area contributed by atoms with Crippen LogP contribution >= 0.6 is 11.6 Å². The highest BCUT2D eigenvalue weighted by Crippen LogP contribution is 2.15. The molecular weight excluding hydrogens is 284 g/mol. The van der Waals surface area contributed by atoms with Crippen LogP contribution in [0.2, 0.25) is 5.02 Å². The summed E-state index contributed by atoms with van der Waals surface area (Å²) in [7, 11) is -3.94. The van der Waals surface area contributed by atoms with E-state index in [2.05, 4.69) is 19.9 Å². The van der Waals surface area contributed by atoms with Crippen molar-refractivity contribution in [3.63, 3.8) is 0 Å². The number of aromatic nitrogens is 3. The summed E-state index contributed by atoms with van der Waals surface area (Å²) in [6, 6.07) is 0.751. The number of hydrogen-bond acceptors (Lipinski definition) is 6. The van der Waals surface area contributed by atoms with Crippen LogP contribution in [0.4, 0.5) is 6.01 Å². The number of nitrogens with one attached hydrogen (secondary N) is 2. The molecule has 0 atom stereocenters. The number of aromatic amines is 1. The Labute approximate surface area is 106 Å². The number of nitrogens with zero attached hydrogens (tertiary/aromatic N) is 2. The molecule has 0 aliphatic carbocycles. The largest absolute Gasteiger partial charge is 0.408 e. The van der Waals surface area contributed by atoms with Crippen LogP contribution in [0.5, 0.6) is 0 Å². The third-order valence-electron chi connectivity index (χ3n) is 1.89. The molecule has 0 fully saturated rings. The average molecular weight is 291 g/mol. The Bertz CT molecular complexity index is 736. The van der Waals surface area contributed by atoms with Gasteiger partial charge in [0.25, 0.3) is 15.6 Å². The van der Waals surface area contributed by atoms with Gasteiger partial charge in [0.2, 0.25) is 5.89 Å². The van der Waals surface area contributed by atoms with Crippen LogP contribution in [-0.4, -0.2) is 23.6 Å². The molecule has 8 nitrogen and oxygen atoms in total. The summed E-state index contributed by atoms with van der Waals surface area (Å²) < 4.78 is 30.6. The SMILES string of the molecule is Cc1nnc(NS(=O)(=O)c2c[nH]c(=O)c(Cl)c2)o1. The molecule has 2 rings (SSSR count).